The second-order valence-electron chi connectivity index (χ2n) is 4.44. The van der Waals surface area contributed by atoms with Gasteiger partial charge in [-0.3, -0.25) is 4.79 Å². The Bertz CT molecular complexity index is 550. The molecule has 1 aromatic rings. The second kappa shape index (κ2) is 5.40. The zero-order chi connectivity index (χ0) is 13.8. The lowest BCUT2D eigenvalue weighted by molar-refractivity contribution is -0.128. The number of amides is 2. The van der Waals surface area contributed by atoms with Crippen LogP contribution in [-0.2, 0) is 11.3 Å². The quantitative estimate of drug-likeness (QED) is 0.844. The Kier molecular flexibility index (Phi) is 3.66. The van der Waals surface area contributed by atoms with Gasteiger partial charge in [-0.2, -0.15) is 5.26 Å². The minimum Gasteiger partial charge on any atom is -0.465 e. The molecule has 6 heteroatoms. The Morgan fingerprint density at radius 3 is 3.05 bits per heavy atom. The number of hydrogen-bond acceptors (Lipinski definition) is 3. The van der Waals surface area contributed by atoms with Crippen molar-refractivity contribution in [1.82, 2.24) is 10.2 Å². The van der Waals surface area contributed by atoms with Gasteiger partial charge in [0, 0.05) is 19.5 Å². The Balaban J connectivity index is 2.01. The van der Waals surface area contributed by atoms with E-state index < -0.39 is 6.09 Å². The largest absolute Gasteiger partial charge is 0.465 e. The fourth-order valence-corrected chi connectivity index (χ4v) is 2.16. The summed E-state index contributed by atoms with van der Waals surface area (Å²) in [6.07, 6.45) is -0.935. The van der Waals surface area contributed by atoms with Crippen LogP contribution >= 0.6 is 0 Å². The summed E-state index contributed by atoms with van der Waals surface area (Å²) in [5.74, 6) is -0.0823. The number of carbonyl (C=O) groups is 2. The lowest BCUT2D eigenvalue weighted by Gasteiger charge is -2.16. The van der Waals surface area contributed by atoms with Crippen molar-refractivity contribution in [3.8, 4) is 6.07 Å². The molecule has 2 amide bonds. The van der Waals surface area contributed by atoms with Crippen molar-refractivity contribution in [2.24, 2.45) is 0 Å². The predicted octanol–water partition coefficient (Wildman–Crippen LogP) is 0.927. The monoisotopic (exact) mass is 259 g/mol. The molecule has 1 saturated heterocycles. The van der Waals surface area contributed by atoms with Crippen molar-refractivity contribution < 1.29 is 14.7 Å². The number of benzene rings is 1. The molecule has 1 heterocycles. The number of carboxylic acid groups (broad SMARTS) is 1. The molecule has 0 aromatic heterocycles. The number of hydrogen-bond donors (Lipinski definition) is 2. The molecule has 1 aliphatic heterocycles. The summed E-state index contributed by atoms with van der Waals surface area (Å²) in [7, 11) is 0. The van der Waals surface area contributed by atoms with Gasteiger partial charge in [0.2, 0.25) is 5.91 Å². The van der Waals surface area contributed by atoms with E-state index in [0.717, 1.165) is 5.56 Å². The van der Waals surface area contributed by atoms with Gasteiger partial charge in [0.25, 0.3) is 0 Å². The van der Waals surface area contributed by atoms with Gasteiger partial charge in [-0.1, -0.05) is 12.1 Å². The van der Waals surface area contributed by atoms with Crippen LogP contribution in [0.15, 0.2) is 24.3 Å². The smallest absolute Gasteiger partial charge is 0.404 e. The molecule has 19 heavy (non-hydrogen) atoms. The molecule has 2 rings (SSSR count). The average Bonchev–Trinajstić information content (AvgIpc) is 2.69. The van der Waals surface area contributed by atoms with Gasteiger partial charge in [0.15, 0.2) is 0 Å². The van der Waals surface area contributed by atoms with Gasteiger partial charge in [-0.15, -0.1) is 0 Å². The SMILES string of the molecule is N#Cc1cccc(CN2CC(NC(=O)O)CC2=O)c1. The lowest BCUT2D eigenvalue weighted by atomic mass is 10.1. The van der Waals surface area contributed by atoms with Crippen LogP contribution in [0, 0.1) is 11.3 Å². The summed E-state index contributed by atoms with van der Waals surface area (Å²) < 4.78 is 0. The van der Waals surface area contributed by atoms with Crippen LogP contribution in [0.5, 0.6) is 0 Å². The molecular formula is C13H13N3O3. The van der Waals surface area contributed by atoms with Crippen LogP contribution in [0.2, 0.25) is 0 Å². The van der Waals surface area contributed by atoms with E-state index in [1.54, 1.807) is 23.1 Å². The van der Waals surface area contributed by atoms with Gasteiger partial charge in [-0.25, -0.2) is 4.79 Å². The van der Waals surface area contributed by atoms with Crippen LogP contribution in [0.25, 0.3) is 0 Å². The van der Waals surface area contributed by atoms with E-state index in [-0.39, 0.29) is 18.4 Å². The van der Waals surface area contributed by atoms with Crippen molar-refractivity contribution in [3.63, 3.8) is 0 Å². The van der Waals surface area contributed by atoms with Crippen molar-refractivity contribution >= 4 is 12.0 Å². The molecule has 1 aliphatic rings. The maximum Gasteiger partial charge on any atom is 0.404 e. The molecule has 0 spiro atoms. The number of likely N-dealkylation sites (tertiary alicyclic amines) is 1. The van der Waals surface area contributed by atoms with E-state index in [1.807, 2.05) is 12.1 Å². The molecular weight excluding hydrogens is 246 g/mol. The Morgan fingerprint density at radius 2 is 2.37 bits per heavy atom. The number of nitrogens with zero attached hydrogens (tertiary/aromatic N) is 2. The summed E-state index contributed by atoms with van der Waals surface area (Å²) in [6, 6.07) is 8.72. The normalized spacial score (nSPS) is 18.2. The summed E-state index contributed by atoms with van der Waals surface area (Å²) in [6.45, 7) is 0.758. The highest BCUT2D eigenvalue weighted by Gasteiger charge is 2.30. The van der Waals surface area contributed by atoms with E-state index in [4.69, 9.17) is 10.4 Å². The first-order valence-corrected chi connectivity index (χ1v) is 5.85. The molecule has 2 N–H and O–H groups in total. The van der Waals surface area contributed by atoms with Gasteiger partial charge >= 0.3 is 6.09 Å². The van der Waals surface area contributed by atoms with Gasteiger partial charge in [0.1, 0.15) is 0 Å². The Labute approximate surface area is 110 Å². The van der Waals surface area contributed by atoms with Gasteiger partial charge in [0.05, 0.1) is 17.7 Å². The van der Waals surface area contributed by atoms with E-state index in [2.05, 4.69) is 5.32 Å². The highest BCUT2D eigenvalue weighted by atomic mass is 16.4. The molecule has 0 saturated carbocycles. The minimum absolute atomic E-state index is 0.0823. The number of carbonyl (C=O) groups excluding carboxylic acids is 1. The van der Waals surface area contributed by atoms with Crippen LogP contribution < -0.4 is 5.32 Å². The number of rotatable bonds is 3. The van der Waals surface area contributed by atoms with Crippen molar-refractivity contribution in [2.75, 3.05) is 6.54 Å². The highest BCUT2D eigenvalue weighted by Crippen LogP contribution is 2.15. The first-order chi connectivity index (χ1) is 9.08. The fourth-order valence-electron chi connectivity index (χ4n) is 2.16. The van der Waals surface area contributed by atoms with E-state index >= 15 is 0 Å². The summed E-state index contributed by atoms with van der Waals surface area (Å²) in [5, 5.41) is 19.7. The highest BCUT2D eigenvalue weighted by molar-refractivity contribution is 5.80. The zero-order valence-electron chi connectivity index (χ0n) is 10.2. The summed E-state index contributed by atoms with van der Waals surface area (Å²) in [5.41, 5.74) is 1.41. The average molecular weight is 259 g/mol. The Morgan fingerprint density at radius 1 is 1.58 bits per heavy atom. The zero-order valence-corrected chi connectivity index (χ0v) is 10.2. The minimum atomic E-state index is -1.12. The lowest BCUT2D eigenvalue weighted by Crippen LogP contribution is -2.35. The summed E-state index contributed by atoms with van der Waals surface area (Å²) >= 11 is 0. The molecule has 1 atom stereocenters. The van der Waals surface area contributed by atoms with Gasteiger partial charge in [-0.05, 0) is 17.7 Å². The fraction of sp³-hybridized carbons (Fsp3) is 0.308. The third-order valence-corrected chi connectivity index (χ3v) is 2.97. The second-order valence-corrected chi connectivity index (χ2v) is 4.44. The number of nitriles is 1. The molecule has 6 nitrogen and oxygen atoms in total. The number of nitrogens with one attached hydrogen (secondary N) is 1. The molecule has 98 valence electrons. The molecule has 1 fully saturated rings. The Hall–Kier alpha value is -2.55. The van der Waals surface area contributed by atoms with Crippen LogP contribution in [0.1, 0.15) is 17.5 Å². The maximum atomic E-state index is 11.8. The molecule has 0 bridgehead atoms. The van der Waals surface area contributed by atoms with Crippen LogP contribution in [0.3, 0.4) is 0 Å². The third kappa shape index (κ3) is 3.22. The van der Waals surface area contributed by atoms with Gasteiger partial charge < -0.3 is 15.3 Å². The molecule has 0 radical (unpaired) electrons. The predicted molar refractivity (Wildman–Crippen MR) is 66.1 cm³/mol. The van der Waals surface area contributed by atoms with Crippen LogP contribution in [-0.4, -0.2) is 34.6 Å². The molecule has 0 aliphatic carbocycles. The third-order valence-electron chi connectivity index (χ3n) is 2.97. The van der Waals surface area contributed by atoms with E-state index in [1.165, 1.54) is 0 Å². The maximum absolute atomic E-state index is 11.8. The van der Waals surface area contributed by atoms with Crippen molar-refractivity contribution in [3.05, 3.63) is 35.4 Å². The first kappa shape index (κ1) is 12.9. The first-order valence-electron chi connectivity index (χ1n) is 5.85. The van der Waals surface area contributed by atoms with Crippen molar-refractivity contribution in [2.45, 2.75) is 19.0 Å². The van der Waals surface area contributed by atoms with E-state index in [0.29, 0.717) is 18.7 Å². The van der Waals surface area contributed by atoms with Crippen molar-refractivity contribution in [1.29, 1.82) is 5.26 Å². The summed E-state index contributed by atoms with van der Waals surface area (Å²) in [4.78, 5) is 23.9. The standard InChI is InChI=1S/C13H13N3O3/c14-6-9-2-1-3-10(4-9)7-16-8-11(5-12(16)17)15-13(18)19/h1-4,11,15H,5,7-8H2,(H,18,19). The van der Waals surface area contributed by atoms with Crippen LogP contribution in [0.4, 0.5) is 4.79 Å². The topological polar surface area (TPSA) is 93.4 Å². The van der Waals surface area contributed by atoms with E-state index in [9.17, 15) is 9.59 Å². The molecule has 1 aromatic carbocycles. The molecule has 1 unspecified atom stereocenters.